The van der Waals surface area contributed by atoms with Crippen molar-refractivity contribution < 1.29 is 13.2 Å². The van der Waals surface area contributed by atoms with Gasteiger partial charge in [-0.3, -0.25) is 9.78 Å². The summed E-state index contributed by atoms with van der Waals surface area (Å²) in [4.78, 5) is 17.9. The molecule has 0 saturated carbocycles. The molecule has 0 radical (unpaired) electrons. The van der Waals surface area contributed by atoms with Gasteiger partial charge in [-0.1, -0.05) is 0 Å². The third kappa shape index (κ3) is 4.98. The van der Waals surface area contributed by atoms with Crippen LogP contribution < -0.4 is 0 Å². The zero-order chi connectivity index (χ0) is 14.7. The van der Waals surface area contributed by atoms with E-state index in [0.717, 1.165) is 0 Å². The van der Waals surface area contributed by atoms with E-state index in [1.165, 1.54) is 12.5 Å². The largest absolute Gasteiger partial charge is 0.333 e. The first-order chi connectivity index (χ1) is 8.61. The van der Waals surface area contributed by atoms with Gasteiger partial charge in [-0.05, 0) is 32.9 Å². The summed E-state index contributed by atoms with van der Waals surface area (Å²) in [5.41, 5.74) is 0.0170. The van der Waals surface area contributed by atoms with E-state index in [9.17, 15) is 13.2 Å². The lowest BCUT2D eigenvalue weighted by molar-refractivity contribution is 0.0601. The van der Waals surface area contributed by atoms with Crippen LogP contribution in [0.3, 0.4) is 0 Å². The van der Waals surface area contributed by atoms with E-state index < -0.39 is 15.4 Å². The molecule has 0 saturated heterocycles. The second-order valence-corrected chi connectivity index (χ2v) is 7.76. The molecule has 1 heterocycles. The van der Waals surface area contributed by atoms with Crippen LogP contribution in [0.5, 0.6) is 0 Å². The lowest BCUT2D eigenvalue weighted by Gasteiger charge is -2.35. The fraction of sp³-hybridized carbons (Fsp3) is 0.538. The second-order valence-electron chi connectivity index (χ2n) is 5.50. The number of aromatic nitrogens is 1. The highest BCUT2D eigenvalue weighted by atomic mass is 32.2. The molecule has 0 aliphatic carbocycles. The number of nitrogens with zero attached hydrogens (tertiary/aromatic N) is 2. The molecule has 1 amide bonds. The van der Waals surface area contributed by atoms with Crippen LogP contribution in [0.15, 0.2) is 24.5 Å². The normalized spacial score (nSPS) is 12.2. The van der Waals surface area contributed by atoms with E-state index in [2.05, 4.69) is 4.98 Å². The molecule has 0 aliphatic heterocycles. The van der Waals surface area contributed by atoms with E-state index in [1.807, 2.05) is 20.8 Å². The molecule has 0 fully saturated rings. The number of hydrogen-bond acceptors (Lipinski definition) is 4. The fourth-order valence-electron chi connectivity index (χ4n) is 1.64. The van der Waals surface area contributed by atoms with E-state index in [0.29, 0.717) is 5.56 Å². The van der Waals surface area contributed by atoms with Crippen molar-refractivity contribution in [2.45, 2.75) is 26.3 Å². The minimum atomic E-state index is -3.10. The maximum atomic E-state index is 12.4. The minimum Gasteiger partial charge on any atom is -0.333 e. The van der Waals surface area contributed by atoms with Gasteiger partial charge in [-0.2, -0.15) is 0 Å². The first-order valence-electron chi connectivity index (χ1n) is 6.01. The molecule has 6 heteroatoms. The SMILES string of the molecule is CC(C)(C)N(CCS(C)(=O)=O)C(=O)c1cccnc1. The Kier molecular flexibility index (Phi) is 4.68. The van der Waals surface area contributed by atoms with Gasteiger partial charge in [0.2, 0.25) is 0 Å². The van der Waals surface area contributed by atoms with Crippen LogP contribution in [0.1, 0.15) is 31.1 Å². The minimum absolute atomic E-state index is 0.0454. The van der Waals surface area contributed by atoms with E-state index in [4.69, 9.17) is 0 Å². The second kappa shape index (κ2) is 5.69. The molecule has 0 aliphatic rings. The molecular formula is C13H20N2O3S. The lowest BCUT2D eigenvalue weighted by Crippen LogP contribution is -2.47. The Morgan fingerprint density at radius 2 is 2.00 bits per heavy atom. The Labute approximate surface area is 114 Å². The summed E-state index contributed by atoms with van der Waals surface area (Å²) in [5, 5.41) is 0. The zero-order valence-corrected chi connectivity index (χ0v) is 12.6. The van der Waals surface area contributed by atoms with E-state index >= 15 is 0 Å². The molecule has 1 aromatic rings. The van der Waals surface area contributed by atoms with E-state index in [-0.39, 0.29) is 18.2 Å². The lowest BCUT2D eigenvalue weighted by atomic mass is 10.0. The van der Waals surface area contributed by atoms with Crippen LogP contribution in [0.25, 0.3) is 0 Å². The Bertz CT molecular complexity index is 533. The van der Waals surface area contributed by atoms with Gasteiger partial charge >= 0.3 is 0 Å². The fourth-order valence-corrected chi connectivity index (χ4v) is 2.16. The molecule has 1 rings (SSSR count). The third-order valence-electron chi connectivity index (χ3n) is 2.65. The van der Waals surface area contributed by atoms with Gasteiger partial charge in [-0.15, -0.1) is 0 Å². The Hall–Kier alpha value is -1.43. The summed E-state index contributed by atoms with van der Waals surface area (Å²) in [6.07, 6.45) is 4.25. The maximum absolute atomic E-state index is 12.4. The average molecular weight is 284 g/mol. The number of carbonyl (C=O) groups excluding carboxylic acids is 1. The van der Waals surface area contributed by atoms with Crippen LogP contribution in [0, 0.1) is 0 Å². The van der Waals surface area contributed by atoms with Gasteiger partial charge in [0.1, 0.15) is 9.84 Å². The zero-order valence-electron chi connectivity index (χ0n) is 11.8. The highest BCUT2D eigenvalue weighted by molar-refractivity contribution is 7.90. The topological polar surface area (TPSA) is 67.3 Å². The molecule has 0 atom stereocenters. The molecule has 0 aromatic carbocycles. The summed E-state index contributed by atoms with van der Waals surface area (Å²) >= 11 is 0. The van der Waals surface area contributed by atoms with Crippen molar-refractivity contribution in [3.05, 3.63) is 30.1 Å². The summed E-state index contributed by atoms with van der Waals surface area (Å²) in [5.74, 6) is -0.250. The molecule has 0 N–H and O–H groups in total. The van der Waals surface area contributed by atoms with Crippen LogP contribution in [-0.4, -0.2) is 48.3 Å². The molecule has 106 valence electrons. The Morgan fingerprint density at radius 1 is 1.37 bits per heavy atom. The van der Waals surface area contributed by atoms with E-state index in [1.54, 1.807) is 23.2 Å². The van der Waals surface area contributed by atoms with Crippen LogP contribution in [0.4, 0.5) is 0 Å². The van der Waals surface area contributed by atoms with Gasteiger partial charge in [0.05, 0.1) is 11.3 Å². The first-order valence-corrected chi connectivity index (χ1v) is 8.07. The van der Waals surface area contributed by atoms with Gasteiger partial charge in [0, 0.05) is 30.7 Å². The van der Waals surface area contributed by atoms with Gasteiger partial charge < -0.3 is 4.90 Å². The van der Waals surface area contributed by atoms with Gasteiger partial charge in [0.25, 0.3) is 5.91 Å². The predicted molar refractivity (Wildman–Crippen MR) is 74.7 cm³/mol. The van der Waals surface area contributed by atoms with Crippen molar-refractivity contribution in [1.29, 1.82) is 0 Å². The maximum Gasteiger partial charge on any atom is 0.255 e. The number of amides is 1. The number of sulfone groups is 1. The standard InChI is InChI=1S/C13H20N2O3S/c1-13(2,3)15(8-9-19(4,17)18)12(16)11-6-5-7-14-10-11/h5-7,10H,8-9H2,1-4H3. The van der Waals surface area contributed by atoms with Crippen molar-refractivity contribution in [1.82, 2.24) is 9.88 Å². The monoisotopic (exact) mass is 284 g/mol. The van der Waals surface area contributed by atoms with Crippen molar-refractivity contribution in [2.75, 3.05) is 18.6 Å². The highest BCUT2D eigenvalue weighted by Gasteiger charge is 2.28. The van der Waals surface area contributed by atoms with Crippen LogP contribution in [0.2, 0.25) is 0 Å². The van der Waals surface area contributed by atoms with Gasteiger partial charge in [0.15, 0.2) is 0 Å². The number of carbonyl (C=O) groups is 1. The molecular weight excluding hydrogens is 264 g/mol. The molecule has 19 heavy (non-hydrogen) atoms. The van der Waals surface area contributed by atoms with Crippen LogP contribution >= 0.6 is 0 Å². The molecule has 1 aromatic heterocycles. The van der Waals surface area contributed by atoms with Crippen LogP contribution in [-0.2, 0) is 9.84 Å². The molecule has 0 bridgehead atoms. The average Bonchev–Trinajstić information content (AvgIpc) is 2.26. The number of rotatable bonds is 4. The summed E-state index contributed by atoms with van der Waals surface area (Å²) in [6, 6.07) is 3.36. The van der Waals surface area contributed by atoms with Crippen molar-refractivity contribution in [3.63, 3.8) is 0 Å². The highest BCUT2D eigenvalue weighted by Crippen LogP contribution is 2.17. The summed E-state index contributed by atoms with van der Waals surface area (Å²) in [7, 11) is -3.10. The molecule has 0 unspecified atom stereocenters. The Balaban J connectivity index is 2.96. The quantitative estimate of drug-likeness (QED) is 0.837. The van der Waals surface area contributed by atoms with Crippen molar-refractivity contribution >= 4 is 15.7 Å². The first kappa shape index (κ1) is 15.6. The van der Waals surface area contributed by atoms with Crippen molar-refractivity contribution in [2.24, 2.45) is 0 Å². The summed E-state index contributed by atoms with van der Waals surface area (Å²) in [6.45, 7) is 5.81. The Morgan fingerprint density at radius 3 is 2.42 bits per heavy atom. The number of pyridine rings is 1. The smallest absolute Gasteiger partial charge is 0.255 e. The summed E-state index contributed by atoms with van der Waals surface area (Å²) < 4.78 is 22.5. The third-order valence-corrected chi connectivity index (χ3v) is 3.57. The predicted octanol–water partition coefficient (Wildman–Crippen LogP) is 1.37. The van der Waals surface area contributed by atoms with Gasteiger partial charge in [-0.25, -0.2) is 8.42 Å². The number of hydrogen-bond donors (Lipinski definition) is 0. The molecule has 5 nitrogen and oxygen atoms in total. The van der Waals surface area contributed by atoms with Crippen molar-refractivity contribution in [3.8, 4) is 0 Å². The molecule has 0 spiro atoms.